The fraction of sp³-hybridized carbons (Fsp3) is 0.0625. The maximum absolute atomic E-state index is 14.1. The van der Waals surface area contributed by atoms with Crippen LogP contribution in [0.1, 0.15) is 5.56 Å². The molecule has 118 valence electrons. The van der Waals surface area contributed by atoms with E-state index in [1.807, 2.05) is 0 Å². The van der Waals surface area contributed by atoms with Gasteiger partial charge >= 0.3 is 0 Å². The van der Waals surface area contributed by atoms with Crippen molar-refractivity contribution in [2.24, 2.45) is 0 Å². The molecule has 0 atom stereocenters. The topological polar surface area (TPSA) is 48.9 Å². The lowest BCUT2D eigenvalue weighted by Crippen LogP contribution is -1.99. The van der Waals surface area contributed by atoms with Crippen molar-refractivity contribution < 1.29 is 17.9 Å². The van der Waals surface area contributed by atoms with Crippen LogP contribution in [0.15, 0.2) is 36.5 Å². The van der Waals surface area contributed by atoms with Crippen molar-refractivity contribution in [2.45, 2.75) is 0 Å². The van der Waals surface area contributed by atoms with Crippen LogP contribution in [0.3, 0.4) is 0 Å². The van der Waals surface area contributed by atoms with Gasteiger partial charge in [-0.05, 0) is 36.6 Å². The van der Waals surface area contributed by atoms with Crippen molar-refractivity contribution in [3.8, 4) is 11.5 Å². The molecule has 3 rings (SSSR count). The standard InChI is InChI=1S/C16H11F3N2OS/c1-23-16(20)10-7-9(2-3-11(10)17)22-12-6-8-4-5-21-15(8)14(19)13(12)18/h2-7,20-21H,1H3. The van der Waals surface area contributed by atoms with Gasteiger partial charge in [-0.3, -0.25) is 5.41 Å². The summed E-state index contributed by atoms with van der Waals surface area (Å²) >= 11 is 1.07. The highest BCUT2D eigenvalue weighted by atomic mass is 32.2. The van der Waals surface area contributed by atoms with E-state index in [1.54, 1.807) is 12.3 Å². The summed E-state index contributed by atoms with van der Waals surface area (Å²) < 4.78 is 47.1. The molecule has 0 aliphatic carbocycles. The van der Waals surface area contributed by atoms with E-state index in [9.17, 15) is 13.2 Å². The zero-order valence-corrected chi connectivity index (χ0v) is 12.7. The van der Waals surface area contributed by atoms with Crippen molar-refractivity contribution in [1.82, 2.24) is 4.98 Å². The van der Waals surface area contributed by atoms with Gasteiger partial charge in [-0.25, -0.2) is 8.78 Å². The van der Waals surface area contributed by atoms with Crippen LogP contribution in [-0.4, -0.2) is 16.3 Å². The third-order valence-corrected chi connectivity index (χ3v) is 3.94. The second kappa shape index (κ2) is 6.00. The summed E-state index contributed by atoms with van der Waals surface area (Å²) in [6.07, 6.45) is 3.14. The van der Waals surface area contributed by atoms with E-state index in [4.69, 9.17) is 10.1 Å². The number of aromatic amines is 1. The molecule has 1 heterocycles. The maximum atomic E-state index is 14.1. The molecule has 23 heavy (non-hydrogen) atoms. The van der Waals surface area contributed by atoms with Crippen molar-refractivity contribution in [1.29, 1.82) is 5.41 Å². The quantitative estimate of drug-likeness (QED) is 0.518. The third kappa shape index (κ3) is 2.79. The predicted octanol–water partition coefficient (Wildman–Crippen LogP) is 5.07. The van der Waals surface area contributed by atoms with Gasteiger partial charge < -0.3 is 9.72 Å². The summed E-state index contributed by atoms with van der Waals surface area (Å²) in [4.78, 5) is 2.61. The molecule has 0 aliphatic rings. The zero-order valence-electron chi connectivity index (χ0n) is 11.9. The molecule has 0 bridgehead atoms. The van der Waals surface area contributed by atoms with Crippen LogP contribution in [0.2, 0.25) is 0 Å². The molecular formula is C16H11F3N2OS. The Morgan fingerprint density at radius 3 is 2.65 bits per heavy atom. The van der Waals surface area contributed by atoms with Gasteiger partial charge in [0.05, 0.1) is 10.6 Å². The first-order chi connectivity index (χ1) is 11.0. The number of thioether (sulfide) groups is 1. The van der Waals surface area contributed by atoms with Crippen molar-refractivity contribution in [3.63, 3.8) is 0 Å². The van der Waals surface area contributed by atoms with E-state index in [-0.39, 0.29) is 27.6 Å². The number of rotatable bonds is 3. The molecule has 0 amide bonds. The zero-order chi connectivity index (χ0) is 16.6. The first-order valence-corrected chi connectivity index (χ1v) is 7.79. The van der Waals surface area contributed by atoms with Gasteiger partial charge in [0.1, 0.15) is 11.6 Å². The Morgan fingerprint density at radius 2 is 1.91 bits per heavy atom. The van der Waals surface area contributed by atoms with E-state index >= 15 is 0 Å². The molecular weight excluding hydrogens is 325 g/mol. The summed E-state index contributed by atoms with van der Waals surface area (Å²) in [5, 5.41) is 8.16. The summed E-state index contributed by atoms with van der Waals surface area (Å²) in [5.74, 6) is -2.94. The fourth-order valence-electron chi connectivity index (χ4n) is 2.17. The highest BCUT2D eigenvalue weighted by molar-refractivity contribution is 8.13. The second-order valence-electron chi connectivity index (χ2n) is 4.72. The van der Waals surface area contributed by atoms with Crippen molar-refractivity contribution >= 4 is 27.7 Å². The number of ether oxygens (including phenoxy) is 1. The summed E-state index contributed by atoms with van der Waals surface area (Å²) in [6.45, 7) is 0. The molecule has 7 heteroatoms. The SMILES string of the molecule is CSC(=N)c1cc(Oc2cc3cc[nH]c3c(F)c2F)ccc1F. The van der Waals surface area contributed by atoms with Gasteiger partial charge in [0.2, 0.25) is 5.82 Å². The molecule has 0 aliphatic heterocycles. The van der Waals surface area contributed by atoms with Gasteiger partial charge in [-0.2, -0.15) is 4.39 Å². The van der Waals surface area contributed by atoms with Gasteiger partial charge in [0.15, 0.2) is 11.6 Å². The minimum absolute atomic E-state index is 0.0145. The molecule has 0 saturated carbocycles. The Labute approximate surface area is 134 Å². The smallest absolute Gasteiger partial charge is 0.203 e. The summed E-state index contributed by atoms with van der Waals surface area (Å²) in [6, 6.07) is 6.65. The average molecular weight is 336 g/mol. The number of aromatic nitrogens is 1. The lowest BCUT2D eigenvalue weighted by molar-refractivity contribution is 0.418. The number of nitrogens with one attached hydrogen (secondary N) is 2. The van der Waals surface area contributed by atoms with Gasteiger partial charge in [-0.15, -0.1) is 11.8 Å². The van der Waals surface area contributed by atoms with Gasteiger partial charge in [0, 0.05) is 17.1 Å². The molecule has 3 nitrogen and oxygen atoms in total. The van der Waals surface area contributed by atoms with Gasteiger partial charge in [0.25, 0.3) is 0 Å². The normalized spacial score (nSPS) is 11.0. The third-order valence-electron chi connectivity index (χ3n) is 3.31. The Kier molecular flexibility index (Phi) is 4.04. The molecule has 0 fully saturated rings. The minimum atomic E-state index is -1.13. The molecule has 3 aromatic rings. The van der Waals surface area contributed by atoms with Gasteiger partial charge in [-0.1, -0.05) is 0 Å². The fourth-order valence-corrected chi connectivity index (χ4v) is 2.54. The Balaban J connectivity index is 2.02. The number of hydrogen-bond donors (Lipinski definition) is 2. The summed E-state index contributed by atoms with van der Waals surface area (Å²) in [7, 11) is 0. The van der Waals surface area contributed by atoms with E-state index < -0.39 is 17.5 Å². The first kappa shape index (κ1) is 15.5. The van der Waals surface area contributed by atoms with Crippen LogP contribution >= 0.6 is 11.8 Å². The number of halogens is 3. The van der Waals surface area contributed by atoms with Crippen molar-refractivity contribution in [3.05, 3.63) is 59.5 Å². The summed E-state index contributed by atoms with van der Waals surface area (Å²) in [5.41, 5.74) is 0.0948. The minimum Gasteiger partial charge on any atom is -0.454 e. The maximum Gasteiger partial charge on any atom is 0.203 e. The highest BCUT2D eigenvalue weighted by Crippen LogP contribution is 2.32. The number of benzene rings is 2. The Hall–Kier alpha value is -2.41. The molecule has 1 aromatic heterocycles. The van der Waals surface area contributed by atoms with Crippen LogP contribution in [0, 0.1) is 22.9 Å². The van der Waals surface area contributed by atoms with Crippen LogP contribution < -0.4 is 4.74 Å². The van der Waals surface area contributed by atoms with E-state index in [0.717, 1.165) is 17.8 Å². The molecule has 2 N–H and O–H groups in total. The number of H-pyrrole nitrogens is 1. The van der Waals surface area contributed by atoms with E-state index in [1.165, 1.54) is 24.4 Å². The lowest BCUT2D eigenvalue weighted by atomic mass is 10.2. The number of hydrogen-bond acceptors (Lipinski definition) is 3. The van der Waals surface area contributed by atoms with Crippen LogP contribution in [0.5, 0.6) is 11.5 Å². The monoisotopic (exact) mass is 336 g/mol. The number of fused-ring (bicyclic) bond motifs is 1. The van der Waals surface area contributed by atoms with Crippen LogP contribution in [-0.2, 0) is 0 Å². The molecule has 2 aromatic carbocycles. The Bertz CT molecular complexity index is 908. The first-order valence-electron chi connectivity index (χ1n) is 6.56. The second-order valence-corrected chi connectivity index (χ2v) is 5.54. The predicted molar refractivity (Wildman–Crippen MR) is 85.0 cm³/mol. The van der Waals surface area contributed by atoms with Crippen molar-refractivity contribution in [2.75, 3.05) is 6.26 Å². The average Bonchev–Trinajstić information content (AvgIpc) is 3.01. The molecule has 0 unspecified atom stereocenters. The largest absolute Gasteiger partial charge is 0.454 e. The molecule has 0 radical (unpaired) electrons. The lowest BCUT2D eigenvalue weighted by Gasteiger charge is -2.10. The Morgan fingerprint density at radius 1 is 1.13 bits per heavy atom. The van der Waals surface area contributed by atoms with Crippen LogP contribution in [0.25, 0.3) is 10.9 Å². The van der Waals surface area contributed by atoms with E-state index in [2.05, 4.69) is 4.98 Å². The van der Waals surface area contributed by atoms with E-state index in [0.29, 0.717) is 5.39 Å². The molecule has 0 saturated heterocycles. The van der Waals surface area contributed by atoms with Crippen LogP contribution in [0.4, 0.5) is 13.2 Å². The highest BCUT2D eigenvalue weighted by Gasteiger charge is 2.17. The molecule has 0 spiro atoms.